The van der Waals surface area contributed by atoms with Gasteiger partial charge in [0.15, 0.2) is 0 Å². The number of hydrogen-bond acceptors (Lipinski definition) is 0. The minimum absolute atomic E-state index is 0.276. The monoisotopic (exact) mass is 438 g/mol. The molecule has 5 heteroatoms. The first-order chi connectivity index (χ1) is 8.49. The van der Waals surface area contributed by atoms with Gasteiger partial charge in [0.25, 0.3) is 0 Å². The van der Waals surface area contributed by atoms with Gasteiger partial charge in [0, 0.05) is 14.5 Å². The van der Waals surface area contributed by atoms with Crippen LogP contribution in [0, 0.1) is 11.6 Å². The van der Waals surface area contributed by atoms with E-state index < -0.39 is 16.5 Å². The van der Waals surface area contributed by atoms with Gasteiger partial charge in [-0.3, -0.25) is 0 Å². The summed E-state index contributed by atoms with van der Waals surface area (Å²) in [5, 5.41) is 0. The third kappa shape index (κ3) is 3.00. The first-order valence-corrected chi connectivity index (χ1v) is 7.53. The maximum absolute atomic E-state index is 13.7. The molecule has 2 rings (SSSR count). The summed E-state index contributed by atoms with van der Waals surface area (Å²) in [4.78, 5) is -0.407. The Balaban J connectivity index is 2.47. The Morgan fingerprint density at radius 1 is 0.889 bits per heavy atom. The maximum Gasteiger partial charge on any atom is 0.128 e. The molecule has 0 aromatic heterocycles. The number of halogens is 5. The summed E-state index contributed by atoms with van der Waals surface area (Å²) in [7, 11) is 0. The maximum atomic E-state index is 13.7. The highest BCUT2D eigenvalue weighted by Gasteiger charge is 2.18. The average molecular weight is 441 g/mol. The molecule has 0 spiro atoms. The Morgan fingerprint density at radius 3 is 2.28 bits per heavy atom. The summed E-state index contributed by atoms with van der Waals surface area (Å²) >= 11 is 10.2. The van der Waals surface area contributed by atoms with Crippen molar-refractivity contribution in [3.63, 3.8) is 0 Å². The Morgan fingerprint density at radius 2 is 1.61 bits per heavy atom. The van der Waals surface area contributed by atoms with Crippen molar-refractivity contribution in [2.24, 2.45) is 0 Å². The lowest BCUT2D eigenvalue weighted by Gasteiger charge is -2.14. The molecule has 0 bridgehead atoms. The summed E-state index contributed by atoms with van der Waals surface area (Å²) in [6, 6.07) is 8.99. The van der Waals surface area contributed by atoms with Crippen LogP contribution in [-0.4, -0.2) is 0 Å². The molecule has 0 N–H and O–H groups in total. The zero-order valence-electron chi connectivity index (χ0n) is 8.93. The molecule has 0 saturated heterocycles. The fourth-order valence-electron chi connectivity index (χ4n) is 1.58. The topological polar surface area (TPSA) is 0 Å². The van der Waals surface area contributed by atoms with Gasteiger partial charge < -0.3 is 0 Å². The lowest BCUT2D eigenvalue weighted by atomic mass is 10.0. The molecule has 2 aromatic carbocycles. The van der Waals surface area contributed by atoms with E-state index in [0.717, 1.165) is 26.6 Å². The van der Waals surface area contributed by atoms with E-state index in [1.54, 1.807) is 0 Å². The average Bonchev–Trinajstić information content (AvgIpc) is 2.31. The number of rotatable bonds is 2. The molecule has 0 aliphatic rings. The van der Waals surface area contributed by atoms with Gasteiger partial charge in [-0.2, -0.15) is 0 Å². The van der Waals surface area contributed by atoms with E-state index in [1.165, 1.54) is 6.07 Å². The number of hydrogen-bond donors (Lipinski definition) is 0. The number of benzene rings is 2. The highest BCUT2D eigenvalue weighted by molar-refractivity contribution is 9.11. The van der Waals surface area contributed by atoms with Crippen LogP contribution < -0.4 is 0 Å². The standard InChI is InChI=1S/C13H7Br3F2/c14-7-1-3-9(11(15)5-7)13(16)10-6-8(17)2-4-12(10)18/h1-6,13H. The van der Waals surface area contributed by atoms with E-state index in [-0.39, 0.29) is 5.56 Å². The van der Waals surface area contributed by atoms with Crippen LogP contribution in [-0.2, 0) is 0 Å². The van der Waals surface area contributed by atoms with Crippen LogP contribution >= 0.6 is 47.8 Å². The van der Waals surface area contributed by atoms with Gasteiger partial charge in [0.1, 0.15) is 11.6 Å². The summed E-state index contributed by atoms with van der Waals surface area (Å²) in [6.45, 7) is 0. The molecule has 1 atom stereocenters. The minimum atomic E-state index is -0.455. The second-order valence-corrected chi connectivity index (χ2v) is 6.38. The highest BCUT2D eigenvalue weighted by atomic mass is 79.9. The molecule has 0 radical (unpaired) electrons. The van der Waals surface area contributed by atoms with Crippen molar-refractivity contribution in [1.82, 2.24) is 0 Å². The van der Waals surface area contributed by atoms with E-state index >= 15 is 0 Å². The summed E-state index contributed by atoms with van der Waals surface area (Å²) in [6.07, 6.45) is 0. The Labute approximate surface area is 129 Å². The Hall–Kier alpha value is -0.260. The first kappa shape index (κ1) is 14.2. The smallest absolute Gasteiger partial charge is 0.128 e. The van der Waals surface area contributed by atoms with Crippen LogP contribution in [0.25, 0.3) is 0 Å². The van der Waals surface area contributed by atoms with E-state index in [4.69, 9.17) is 0 Å². The zero-order chi connectivity index (χ0) is 13.3. The second kappa shape index (κ2) is 5.80. The Kier molecular flexibility index (Phi) is 4.56. The first-order valence-electron chi connectivity index (χ1n) is 5.03. The number of alkyl halides is 1. The molecule has 1 unspecified atom stereocenters. The van der Waals surface area contributed by atoms with Crippen LogP contribution in [0.3, 0.4) is 0 Å². The summed E-state index contributed by atoms with van der Waals surface area (Å²) in [5.41, 5.74) is 1.11. The third-order valence-electron chi connectivity index (χ3n) is 2.47. The predicted octanol–water partition coefficient (Wildman–Crippen LogP) is 5.97. The molecular formula is C13H7Br3F2. The molecule has 18 heavy (non-hydrogen) atoms. The van der Waals surface area contributed by atoms with Gasteiger partial charge in [0.05, 0.1) is 4.83 Å². The van der Waals surface area contributed by atoms with Crippen molar-refractivity contribution in [1.29, 1.82) is 0 Å². The van der Waals surface area contributed by atoms with Crippen molar-refractivity contribution in [2.45, 2.75) is 4.83 Å². The van der Waals surface area contributed by atoms with E-state index in [2.05, 4.69) is 47.8 Å². The molecule has 94 valence electrons. The largest absolute Gasteiger partial charge is 0.207 e. The minimum Gasteiger partial charge on any atom is -0.207 e. The normalized spacial score (nSPS) is 12.5. The lowest BCUT2D eigenvalue weighted by Crippen LogP contribution is -1.98. The molecule has 0 aliphatic carbocycles. The second-order valence-electron chi connectivity index (χ2n) is 3.69. The van der Waals surface area contributed by atoms with Crippen molar-refractivity contribution in [2.75, 3.05) is 0 Å². The van der Waals surface area contributed by atoms with Crippen molar-refractivity contribution in [3.8, 4) is 0 Å². The quantitative estimate of drug-likeness (QED) is 0.504. The van der Waals surface area contributed by atoms with Crippen molar-refractivity contribution < 1.29 is 8.78 Å². The van der Waals surface area contributed by atoms with E-state index in [9.17, 15) is 8.78 Å². The molecule has 0 nitrogen and oxygen atoms in total. The Bertz CT molecular complexity index is 584. The predicted molar refractivity (Wildman–Crippen MR) is 79.0 cm³/mol. The fourth-order valence-corrected chi connectivity index (χ4v) is 3.92. The van der Waals surface area contributed by atoms with Gasteiger partial charge >= 0.3 is 0 Å². The van der Waals surface area contributed by atoms with Crippen LogP contribution in [0.15, 0.2) is 45.3 Å². The van der Waals surface area contributed by atoms with Gasteiger partial charge in [-0.1, -0.05) is 53.9 Å². The van der Waals surface area contributed by atoms with Crippen molar-refractivity contribution >= 4 is 47.8 Å². The fraction of sp³-hybridized carbons (Fsp3) is 0.0769. The molecule has 2 aromatic rings. The van der Waals surface area contributed by atoms with Gasteiger partial charge in [0.2, 0.25) is 0 Å². The molecule has 0 fully saturated rings. The van der Waals surface area contributed by atoms with Crippen LogP contribution in [0.5, 0.6) is 0 Å². The molecule has 0 heterocycles. The van der Waals surface area contributed by atoms with Gasteiger partial charge in [-0.15, -0.1) is 0 Å². The van der Waals surface area contributed by atoms with E-state index in [0.29, 0.717) is 0 Å². The van der Waals surface area contributed by atoms with Crippen molar-refractivity contribution in [3.05, 3.63) is 68.1 Å². The molecule has 0 aliphatic heterocycles. The van der Waals surface area contributed by atoms with Crippen LogP contribution in [0.2, 0.25) is 0 Å². The van der Waals surface area contributed by atoms with Crippen LogP contribution in [0.4, 0.5) is 8.78 Å². The highest BCUT2D eigenvalue weighted by Crippen LogP contribution is 2.37. The molecular weight excluding hydrogens is 434 g/mol. The lowest BCUT2D eigenvalue weighted by molar-refractivity contribution is 0.588. The van der Waals surface area contributed by atoms with E-state index in [1.807, 2.05) is 18.2 Å². The summed E-state index contributed by atoms with van der Waals surface area (Å²) in [5.74, 6) is -0.892. The molecule has 0 saturated carbocycles. The SMILES string of the molecule is Fc1ccc(F)c(C(Br)c2ccc(Br)cc2Br)c1. The van der Waals surface area contributed by atoms with Crippen LogP contribution in [0.1, 0.15) is 16.0 Å². The van der Waals surface area contributed by atoms with Gasteiger partial charge in [-0.25, -0.2) is 8.78 Å². The zero-order valence-corrected chi connectivity index (χ0v) is 13.7. The summed E-state index contributed by atoms with van der Waals surface area (Å²) < 4.78 is 28.6. The third-order valence-corrected chi connectivity index (χ3v) is 4.63. The molecule has 0 amide bonds. The van der Waals surface area contributed by atoms with Gasteiger partial charge in [-0.05, 0) is 35.9 Å².